The predicted octanol–water partition coefficient (Wildman–Crippen LogP) is 4.21. The van der Waals surface area contributed by atoms with Gasteiger partial charge in [0.2, 0.25) is 0 Å². The second-order valence-corrected chi connectivity index (χ2v) is 6.56. The van der Waals surface area contributed by atoms with Gasteiger partial charge in [0.15, 0.2) is 0 Å². The molecule has 1 aliphatic carbocycles. The molecule has 2 aromatic rings. The second kappa shape index (κ2) is 6.72. The van der Waals surface area contributed by atoms with Crippen LogP contribution in [0.2, 0.25) is 5.02 Å². The van der Waals surface area contributed by atoms with Crippen LogP contribution in [0.1, 0.15) is 41.0 Å². The number of hydrogen-bond acceptors (Lipinski definition) is 2. The van der Waals surface area contributed by atoms with Gasteiger partial charge < -0.3 is 10.8 Å². The van der Waals surface area contributed by atoms with Crippen molar-refractivity contribution in [3.05, 3.63) is 63.7 Å². The monoisotopic (exact) mass is 315 g/mol. The van der Waals surface area contributed by atoms with E-state index in [9.17, 15) is 5.11 Å². The molecule has 0 aliphatic heterocycles. The third kappa shape index (κ3) is 3.29. The number of aryl methyl sites for hydroxylation is 2. The van der Waals surface area contributed by atoms with Crippen LogP contribution in [0.25, 0.3) is 0 Å². The molecule has 3 heteroatoms. The highest BCUT2D eigenvalue weighted by molar-refractivity contribution is 6.32. The summed E-state index contributed by atoms with van der Waals surface area (Å²) in [5.74, 6) is 0.413. The van der Waals surface area contributed by atoms with Crippen LogP contribution in [0.5, 0.6) is 5.75 Å². The Balaban J connectivity index is 1.82. The van der Waals surface area contributed by atoms with Gasteiger partial charge >= 0.3 is 0 Å². The fourth-order valence-electron chi connectivity index (χ4n) is 3.31. The Kier molecular flexibility index (Phi) is 4.70. The van der Waals surface area contributed by atoms with Gasteiger partial charge in [-0.25, -0.2) is 0 Å². The van der Waals surface area contributed by atoms with Crippen LogP contribution < -0.4 is 5.73 Å². The van der Waals surface area contributed by atoms with E-state index in [1.54, 1.807) is 6.07 Å². The minimum atomic E-state index is 0.128. The van der Waals surface area contributed by atoms with Gasteiger partial charge in [-0.2, -0.15) is 0 Å². The average molecular weight is 316 g/mol. The first kappa shape index (κ1) is 15.4. The van der Waals surface area contributed by atoms with Crippen molar-refractivity contribution in [2.24, 2.45) is 5.73 Å². The van der Waals surface area contributed by atoms with E-state index in [0.717, 1.165) is 12.0 Å². The van der Waals surface area contributed by atoms with Gasteiger partial charge in [0.1, 0.15) is 5.75 Å². The molecule has 0 fully saturated rings. The molecule has 3 rings (SSSR count). The molecule has 116 valence electrons. The maximum absolute atomic E-state index is 9.53. The molecule has 22 heavy (non-hydrogen) atoms. The SMILES string of the molecule is NCC(Cc1ccc(O)c(Cl)c1)c1ccc2c(c1)CCCC2. The summed E-state index contributed by atoms with van der Waals surface area (Å²) in [7, 11) is 0. The summed E-state index contributed by atoms with van der Waals surface area (Å²) in [5, 5.41) is 9.93. The smallest absolute Gasteiger partial charge is 0.134 e. The number of rotatable bonds is 4. The van der Waals surface area contributed by atoms with E-state index in [2.05, 4.69) is 18.2 Å². The van der Waals surface area contributed by atoms with Gasteiger partial charge in [0.25, 0.3) is 0 Å². The molecule has 0 radical (unpaired) electrons. The quantitative estimate of drug-likeness (QED) is 0.887. The Hall–Kier alpha value is -1.51. The van der Waals surface area contributed by atoms with Crippen LogP contribution in [0.3, 0.4) is 0 Å². The number of hydrogen-bond donors (Lipinski definition) is 2. The number of nitrogens with two attached hydrogens (primary N) is 1. The van der Waals surface area contributed by atoms with E-state index in [1.165, 1.54) is 42.4 Å². The molecule has 0 amide bonds. The van der Waals surface area contributed by atoms with E-state index >= 15 is 0 Å². The minimum absolute atomic E-state index is 0.128. The number of fused-ring (bicyclic) bond motifs is 1. The topological polar surface area (TPSA) is 46.2 Å². The maximum Gasteiger partial charge on any atom is 0.134 e. The second-order valence-electron chi connectivity index (χ2n) is 6.16. The molecule has 0 saturated carbocycles. The summed E-state index contributed by atoms with van der Waals surface area (Å²) in [4.78, 5) is 0. The van der Waals surface area contributed by atoms with Crippen molar-refractivity contribution in [3.63, 3.8) is 0 Å². The first-order valence-corrected chi connectivity index (χ1v) is 8.34. The number of benzene rings is 2. The molecule has 2 aromatic carbocycles. The zero-order valence-electron chi connectivity index (χ0n) is 12.7. The van der Waals surface area contributed by atoms with Crippen LogP contribution in [-0.2, 0) is 19.3 Å². The fourth-order valence-corrected chi connectivity index (χ4v) is 3.51. The van der Waals surface area contributed by atoms with Crippen molar-refractivity contribution in [3.8, 4) is 5.75 Å². The van der Waals surface area contributed by atoms with Crippen molar-refractivity contribution in [1.82, 2.24) is 0 Å². The minimum Gasteiger partial charge on any atom is -0.506 e. The molecule has 0 aromatic heterocycles. The van der Waals surface area contributed by atoms with E-state index in [1.807, 2.05) is 12.1 Å². The highest BCUT2D eigenvalue weighted by Crippen LogP contribution is 2.29. The standard InChI is InChI=1S/C19H22ClNO/c20-18-10-13(5-8-19(18)22)9-17(12-21)16-7-6-14-3-1-2-4-15(14)11-16/h5-8,10-11,17,22H,1-4,9,12,21H2. The first-order valence-electron chi connectivity index (χ1n) is 7.96. The Morgan fingerprint density at radius 3 is 2.55 bits per heavy atom. The van der Waals surface area contributed by atoms with Crippen LogP contribution in [0, 0.1) is 0 Å². The predicted molar refractivity (Wildman–Crippen MR) is 91.7 cm³/mol. The maximum atomic E-state index is 9.53. The highest BCUT2D eigenvalue weighted by Gasteiger charge is 2.15. The van der Waals surface area contributed by atoms with Crippen molar-refractivity contribution in [2.45, 2.75) is 38.0 Å². The Bertz CT molecular complexity index is 668. The summed E-state index contributed by atoms with van der Waals surface area (Å²) < 4.78 is 0. The molecule has 3 N–H and O–H groups in total. The van der Waals surface area contributed by atoms with Crippen LogP contribution in [0.15, 0.2) is 36.4 Å². The summed E-state index contributed by atoms with van der Waals surface area (Å²) in [6.45, 7) is 0.608. The Morgan fingerprint density at radius 1 is 1.05 bits per heavy atom. The lowest BCUT2D eigenvalue weighted by atomic mass is 9.85. The van der Waals surface area contributed by atoms with Crippen molar-refractivity contribution in [2.75, 3.05) is 6.54 Å². The van der Waals surface area contributed by atoms with Gasteiger partial charge in [0, 0.05) is 5.92 Å². The van der Waals surface area contributed by atoms with Crippen molar-refractivity contribution < 1.29 is 5.11 Å². The van der Waals surface area contributed by atoms with E-state index in [4.69, 9.17) is 17.3 Å². The number of halogens is 1. The molecule has 0 bridgehead atoms. The largest absolute Gasteiger partial charge is 0.506 e. The van der Waals surface area contributed by atoms with Gasteiger partial charge in [-0.15, -0.1) is 0 Å². The van der Waals surface area contributed by atoms with E-state index in [0.29, 0.717) is 11.6 Å². The Labute approximate surface area is 136 Å². The molecular weight excluding hydrogens is 294 g/mol. The van der Waals surface area contributed by atoms with Crippen molar-refractivity contribution >= 4 is 11.6 Å². The molecule has 1 unspecified atom stereocenters. The lowest BCUT2D eigenvalue weighted by molar-refractivity contribution is 0.475. The third-order valence-corrected chi connectivity index (χ3v) is 4.93. The van der Waals surface area contributed by atoms with E-state index in [-0.39, 0.29) is 11.7 Å². The van der Waals surface area contributed by atoms with Crippen molar-refractivity contribution in [1.29, 1.82) is 0 Å². The molecule has 1 aliphatic rings. The first-order chi connectivity index (χ1) is 10.7. The molecule has 1 atom stereocenters. The number of phenols is 1. The Morgan fingerprint density at radius 2 is 1.82 bits per heavy atom. The van der Waals surface area contributed by atoms with Gasteiger partial charge in [0.05, 0.1) is 5.02 Å². The fraction of sp³-hybridized carbons (Fsp3) is 0.368. The molecule has 0 spiro atoms. The highest BCUT2D eigenvalue weighted by atomic mass is 35.5. The summed E-state index contributed by atoms with van der Waals surface area (Å²) in [5.41, 5.74) is 11.4. The molecular formula is C19H22ClNO. The van der Waals surface area contributed by atoms with Crippen LogP contribution in [-0.4, -0.2) is 11.7 Å². The lowest BCUT2D eigenvalue weighted by Gasteiger charge is -2.21. The third-order valence-electron chi connectivity index (χ3n) is 4.62. The summed E-state index contributed by atoms with van der Waals surface area (Å²) >= 11 is 6.00. The number of aromatic hydroxyl groups is 1. The number of phenolic OH excluding ortho intramolecular Hbond substituents is 1. The zero-order valence-corrected chi connectivity index (χ0v) is 13.4. The molecule has 2 nitrogen and oxygen atoms in total. The average Bonchev–Trinajstić information content (AvgIpc) is 2.55. The molecule has 0 heterocycles. The molecule has 0 saturated heterocycles. The normalized spacial score (nSPS) is 15.4. The van der Waals surface area contributed by atoms with Gasteiger partial charge in [-0.3, -0.25) is 0 Å². The van der Waals surface area contributed by atoms with E-state index < -0.39 is 0 Å². The van der Waals surface area contributed by atoms with Gasteiger partial charge in [-0.1, -0.05) is 35.9 Å². The van der Waals surface area contributed by atoms with Crippen LogP contribution in [0.4, 0.5) is 0 Å². The summed E-state index contributed by atoms with van der Waals surface area (Å²) in [6, 6.07) is 12.2. The summed E-state index contributed by atoms with van der Waals surface area (Å²) in [6.07, 6.45) is 5.83. The van der Waals surface area contributed by atoms with Crippen LogP contribution >= 0.6 is 11.6 Å². The zero-order chi connectivity index (χ0) is 15.5. The van der Waals surface area contributed by atoms with Gasteiger partial charge in [-0.05, 0) is 73.0 Å². The lowest BCUT2D eigenvalue weighted by Crippen LogP contribution is -2.16.